The summed E-state index contributed by atoms with van der Waals surface area (Å²) in [5, 5.41) is 0. The summed E-state index contributed by atoms with van der Waals surface area (Å²) in [6.45, 7) is 3.82. The number of benzene rings is 1. The van der Waals surface area contributed by atoms with E-state index < -0.39 is 0 Å². The van der Waals surface area contributed by atoms with Crippen molar-refractivity contribution < 1.29 is 0 Å². The van der Waals surface area contributed by atoms with Crippen LogP contribution in [-0.4, -0.2) is 5.75 Å². The van der Waals surface area contributed by atoms with Crippen molar-refractivity contribution in [3.63, 3.8) is 0 Å². The topological polar surface area (TPSA) is 0 Å². The lowest BCUT2D eigenvalue weighted by molar-refractivity contribution is 0.821. The molecule has 1 rings (SSSR count). The molecule has 0 fully saturated rings. The van der Waals surface area contributed by atoms with Crippen LogP contribution in [0.2, 0.25) is 0 Å². The summed E-state index contributed by atoms with van der Waals surface area (Å²) < 4.78 is 0. The van der Waals surface area contributed by atoms with Crippen LogP contribution in [0.4, 0.5) is 0 Å². The van der Waals surface area contributed by atoms with Crippen molar-refractivity contribution in [2.24, 2.45) is 0 Å². The molecule has 0 unspecified atom stereocenters. The molecular formula is C11H15S. The number of unbranched alkanes of at least 4 members (excludes halogenated alkanes) is 2. The minimum absolute atomic E-state index is 1.06. The van der Waals surface area contributed by atoms with Crippen LogP contribution in [0.15, 0.2) is 35.2 Å². The summed E-state index contributed by atoms with van der Waals surface area (Å²) in [5.74, 6) is 1.22. The number of rotatable bonds is 5. The summed E-state index contributed by atoms with van der Waals surface area (Å²) >= 11 is 1.93. The number of hydrogen-bond acceptors (Lipinski definition) is 1. The van der Waals surface area contributed by atoms with Gasteiger partial charge in [0.2, 0.25) is 0 Å². The van der Waals surface area contributed by atoms with E-state index in [9.17, 15) is 0 Å². The largest absolute Gasteiger partial charge is 0.126 e. The van der Waals surface area contributed by atoms with Crippen molar-refractivity contribution in [3.8, 4) is 0 Å². The first-order valence-corrected chi connectivity index (χ1v) is 5.39. The Labute approximate surface area is 79.4 Å². The van der Waals surface area contributed by atoms with Gasteiger partial charge in [0.15, 0.2) is 0 Å². The van der Waals surface area contributed by atoms with Crippen LogP contribution < -0.4 is 0 Å². The van der Waals surface area contributed by atoms with Gasteiger partial charge in [0, 0.05) is 4.90 Å². The molecule has 0 N–H and O–H groups in total. The molecule has 0 aliphatic rings. The van der Waals surface area contributed by atoms with Gasteiger partial charge in [0.1, 0.15) is 0 Å². The normalized spacial score (nSPS) is 10.1. The Bertz CT molecular complexity index is 193. The van der Waals surface area contributed by atoms with E-state index in [0.29, 0.717) is 0 Å². The van der Waals surface area contributed by atoms with Crippen LogP contribution >= 0.6 is 11.8 Å². The average molecular weight is 179 g/mol. The third-order valence-electron chi connectivity index (χ3n) is 1.66. The predicted octanol–water partition coefficient (Wildman–Crippen LogP) is 3.78. The van der Waals surface area contributed by atoms with Gasteiger partial charge in [-0.2, -0.15) is 0 Å². The Kier molecular flexibility index (Phi) is 4.93. The van der Waals surface area contributed by atoms with Gasteiger partial charge >= 0.3 is 0 Å². The van der Waals surface area contributed by atoms with E-state index in [0.717, 1.165) is 6.42 Å². The van der Waals surface area contributed by atoms with Crippen molar-refractivity contribution in [1.82, 2.24) is 0 Å². The minimum Gasteiger partial charge on any atom is -0.126 e. The van der Waals surface area contributed by atoms with Gasteiger partial charge in [0.05, 0.1) is 0 Å². The minimum atomic E-state index is 1.06. The smallest absolute Gasteiger partial charge is 0.00719 e. The maximum Gasteiger partial charge on any atom is 0.00719 e. The molecule has 0 aromatic heterocycles. The van der Waals surface area contributed by atoms with Gasteiger partial charge in [-0.15, -0.1) is 11.8 Å². The Hall–Kier alpha value is -0.430. The summed E-state index contributed by atoms with van der Waals surface area (Å²) in [6.07, 6.45) is 3.60. The molecule has 1 heteroatoms. The Morgan fingerprint density at radius 1 is 1.08 bits per heavy atom. The third-order valence-corrected chi connectivity index (χ3v) is 2.75. The molecule has 0 heterocycles. The fraction of sp³-hybridized carbons (Fsp3) is 0.364. The Morgan fingerprint density at radius 3 is 2.50 bits per heavy atom. The van der Waals surface area contributed by atoms with Crippen LogP contribution in [0.25, 0.3) is 0 Å². The molecule has 0 saturated carbocycles. The van der Waals surface area contributed by atoms with Gasteiger partial charge in [0.25, 0.3) is 0 Å². The van der Waals surface area contributed by atoms with Gasteiger partial charge in [-0.05, 0) is 24.3 Å². The molecule has 0 saturated heterocycles. The zero-order valence-electron chi connectivity index (χ0n) is 7.33. The van der Waals surface area contributed by atoms with E-state index in [1.165, 1.54) is 23.5 Å². The van der Waals surface area contributed by atoms with Gasteiger partial charge in [-0.3, -0.25) is 0 Å². The van der Waals surface area contributed by atoms with Gasteiger partial charge in [-0.1, -0.05) is 38.0 Å². The number of hydrogen-bond donors (Lipinski definition) is 0. The van der Waals surface area contributed by atoms with E-state index in [2.05, 4.69) is 37.3 Å². The first-order valence-electron chi connectivity index (χ1n) is 4.40. The quantitative estimate of drug-likeness (QED) is 0.489. The zero-order valence-corrected chi connectivity index (χ0v) is 8.15. The molecule has 0 bridgehead atoms. The van der Waals surface area contributed by atoms with E-state index >= 15 is 0 Å². The second-order valence-electron chi connectivity index (χ2n) is 2.72. The lowest BCUT2D eigenvalue weighted by atomic mass is 10.3. The van der Waals surface area contributed by atoms with Crippen molar-refractivity contribution in [2.45, 2.75) is 24.2 Å². The van der Waals surface area contributed by atoms with E-state index in [1.54, 1.807) is 0 Å². The fourth-order valence-electron chi connectivity index (χ4n) is 0.986. The monoisotopic (exact) mass is 179 g/mol. The van der Waals surface area contributed by atoms with Crippen LogP contribution in [0, 0.1) is 6.92 Å². The third kappa shape index (κ3) is 3.82. The second-order valence-corrected chi connectivity index (χ2v) is 3.89. The molecule has 0 atom stereocenters. The Balaban J connectivity index is 2.16. The van der Waals surface area contributed by atoms with Crippen molar-refractivity contribution in [1.29, 1.82) is 0 Å². The molecule has 1 aromatic carbocycles. The van der Waals surface area contributed by atoms with E-state index in [4.69, 9.17) is 0 Å². The van der Waals surface area contributed by atoms with Gasteiger partial charge < -0.3 is 0 Å². The SMILES string of the molecule is [CH2]CCCCSc1ccccc1. The van der Waals surface area contributed by atoms with Gasteiger partial charge in [-0.25, -0.2) is 0 Å². The molecule has 0 amide bonds. The Morgan fingerprint density at radius 2 is 1.83 bits per heavy atom. The maximum absolute atomic E-state index is 3.82. The molecule has 65 valence electrons. The molecule has 12 heavy (non-hydrogen) atoms. The standard InChI is InChI=1S/C11H15S/c1-2-3-7-10-12-11-8-5-4-6-9-11/h4-6,8-9H,1-3,7,10H2. The van der Waals surface area contributed by atoms with Crippen LogP contribution in [0.5, 0.6) is 0 Å². The second kappa shape index (κ2) is 6.13. The molecular weight excluding hydrogens is 164 g/mol. The van der Waals surface area contributed by atoms with Crippen molar-refractivity contribution in [2.75, 3.05) is 5.75 Å². The number of thioether (sulfide) groups is 1. The summed E-state index contributed by atoms with van der Waals surface area (Å²) in [5.41, 5.74) is 0. The van der Waals surface area contributed by atoms with Crippen LogP contribution in [0.1, 0.15) is 19.3 Å². The molecule has 0 aliphatic heterocycles. The molecule has 1 radical (unpaired) electrons. The molecule has 0 nitrogen and oxygen atoms in total. The van der Waals surface area contributed by atoms with Crippen molar-refractivity contribution in [3.05, 3.63) is 37.3 Å². The predicted molar refractivity (Wildman–Crippen MR) is 56.4 cm³/mol. The summed E-state index contributed by atoms with van der Waals surface area (Å²) in [7, 11) is 0. The lowest BCUT2D eigenvalue weighted by Crippen LogP contribution is -1.79. The van der Waals surface area contributed by atoms with E-state index in [-0.39, 0.29) is 0 Å². The highest BCUT2D eigenvalue weighted by atomic mass is 32.2. The summed E-state index contributed by atoms with van der Waals surface area (Å²) in [6, 6.07) is 10.6. The highest BCUT2D eigenvalue weighted by Gasteiger charge is 1.90. The lowest BCUT2D eigenvalue weighted by Gasteiger charge is -1.99. The first-order chi connectivity index (χ1) is 5.93. The maximum atomic E-state index is 3.82. The molecule has 0 spiro atoms. The van der Waals surface area contributed by atoms with Crippen LogP contribution in [-0.2, 0) is 0 Å². The highest BCUT2D eigenvalue weighted by Crippen LogP contribution is 2.18. The molecule has 1 aromatic rings. The molecule has 0 aliphatic carbocycles. The van der Waals surface area contributed by atoms with E-state index in [1.807, 2.05) is 11.8 Å². The summed E-state index contributed by atoms with van der Waals surface area (Å²) in [4.78, 5) is 1.38. The van der Waals surface area contributed by atoms with Crippen LogP contribution in [0.3, 0.4) is 0 Å². The highest BCUT2D eigenvalue weighted by molar-refractivity contribution is 7.99. The fourth-order valence-corrected chi connectivity index (χ4v) is 1.92. The zero-order chi connectivity index (χ0) is 8.65. The first kappa shape index (κ1) is 9.66. The average Bonchev–Trinajstić information content (AvgIpc) is 2.14. The van der Waals surface area contributed by atoms with Crippen molar-refractivity contribution >= 4 is 11.8 Å².